The van der Waals surface area contributed by atoms with Crippen molar-refractivity contribution in [1.29, 1.82) is 0 Å². The third kappa shape index (κ3) is 5.93. The maximum atomic E-state index is 14.6. The Hall–Kier alpha value is -4.09. The molecule has 0 aromatic heterocycles. The van der Waals surface area contributed by atoms with E-state index in [9.17, 15) is 22.0 Å². The van der Waals surface area contributed by atoms with Gasteiger partial charge in [0.15, 0.2) is 11.6 Å². The first kappa shape index (κ1) is 25.0. The first-order valence-electron chi connectivity index (χ1n) is 11.5. The quantitative estimate of drug-likeness (QED) is 0.155. The van der Waals surface area contributed by atoms with Crippen molar-refractivity contribution < 1.29 is 22.0 Å². The molecule has 0 nitrogen and oxygen atoms in total. The van der Waals surface area contributed by atoms with Crippen LogP contribution in [-0.2, 0) is 6.42 Å². The van der Waals surface area contributed by atoms with Gasteiger partial charge in [-0.1, -0.05) is 49.5 Å². The zero-order valence-corrected chi connectivity index (χ0v) is 19.5. The number of hydrogen-bond acceptors (Lipinski definition) is 0. The summed E-state index contributed by atoms with van der Waals surface area (Å²) in [7, 11) is 0. The Morgan fingerprint density at radius 1 is 0.556 bits per heavy atom. The predicted octanol–water partition coefficient (Wildman–Crippen LogP) is 8.07. The molecule has 0 saturated heterocycles. The molecule has 4 rings (SSSR count). The number of fused-ring (bicyclic) bond motifs is 1. The molecule has 0 spiro atoms. The van der Waals surface area contributed by atoms with Gasteiger partial charge in [0.2, 0.25) is 0 Å². The van der Waals surface area contributed by atoms with Gasteiger partial charge >= 0.3 is 0 Å². The lowest BCUT2D eigenvalue weighted by atomic mass is 10.0. The van der Waals surface area contributed by atoms with Crippen LogP contribution in [0.4, 0.5) is 22.0 Å². The van der Waals surface area contributed by atoms with Gasteiger partial charge in [-0.15, -0.1) is 0 Å². The van der Waals surface area contributed by atoms with Crippen molar-refractivity contribution in [2.24, 2.45) is 0 Å². The summed E-state index contributed by atoms with van der Waals surface area (Å²) >= 11 is 0. The average molecular weight is 488 g/mol. The predicted molar refractivity (Wildman–Crippen MR) is 132 cm³/mol. The van der Waals surface area contributed by atoms with Gasteiger partial charge in [-0.3, -0.25) is 0 Å². The van der Waals surface area contributed by atoms with Gasteiger partial charge in [0.1, 0.15) is 17.5 Å². The summed E-state index contributed by atoms with van der Waals surface area (Å²) < 4.78 is 70.2. The molecule has 0 fully saturated rings. The molecule has 180 valence electrons. The second-order valence-corrected chi connectivity index (χ2v) is 8.41. The van der Waals surface area contributed by atoms with Crippen LogP contribution in [0, 0.1) is 52.8 Å². The third-order valence-electron chi connectivity index (χ3n) is 5.69. The standard InChI is InChI=1S/C31H21F5/c1-2-3-4-5-22-16-28(33)26(29(34)17-22)13-9-21-7-11-23(27(32)15-21)10-6-20-8-12-24-18-30(35)31(36)19-25(24)14-20/h7-8,11-12,14-19H,2-5H2,1H3. The van der Waals surface area contributed by atoms with Gasteiger partial charge in [-0.05, 0) is 83.8 Å². The summed E-state index contributed by atoms with van der Waals surface area (Å²) in [5.41, 5.74) is 1.07. The van der Waals surface area contributed by atoms with Crippen LogP contribution in [0.15, 0.2) is 60.7 Å². The monoisotopic (exact) mass is 488 g/mol. The summed E-state index contributed by atoms with van der Waals surface area (Å²) in [5.74, 6) is 6.55. The molecule has 0 N–H and O–H groups in total. The van der Waals surface area contributed by atoms with Crippen molar-refractivity contribution in [2.75, 3.05) is 0 Å². The molecule has 0 saturated carbocycles. The lowest BCUT2D eigenvalue weighted by Crippen LogP contribution is -1.95. The van der Waals surface area contributed by atoms with E-state index in [-0.39, 0.29) is 16.7 Å². The summed E-state index contributed by atoms with van der Waals surface area (Å²) in [6.45, 7) is 2.06. The van der Waals surface area contributed by atoms with Gasteiger partial charge in [-0.25, -0.2) is 22.0 Å². The lowest BCUT2D eigenvalue weighted by molar-refractivity contribution is 0.511. The van der Waals surface area contributed by atoms with E-state index in [1.54, 1.807) is 18.2 Å². The Bertz CT molecular complexity index is 1540. The summed E-state index contributed by atoms with van der Waals surface area (Å²) in [6.07, 6.45) is 3.45. The molecular weight excluding hydrogens is 467 g/mol. The number of unbranched alkanes of at least 4 members (excludes halogenated alkanes) is 2. The molecule has 0 heterocycles. The molecule has 0 atom stereocenters. The van der Waals surface area contributed by atoms with Gasteiger partial charge in [0, 0.05) is 11.1 Å². The topological polar surface area (TPSA) is 0 Å². The molecule has 4 aromatic rings. The SMILES string of the molecule is CCCCCc1cc(F)c(C#Cc2ccc(C#Cc3ccc4cc(F)c(F)cc4c3)c(F)c2)c(F)c1. The Morgan fingerprint density at radius 3 is 1.89 bits per heavy atom. The fourth-order valence-corrected chi connectivity index (χ4v) is 3.76. The van der Waals surface area contributed by atoms with Crippen molar-refractivity contribution >= 4 is 10.8 Å². The minimum absolute atomic E-state index is 0.0970. The zero-order valence-electron chi connectivity index (χ0n) is 19.5. The van der Waals surface area contributed by atoms with Crippen LogP contribution in [0.25, 0.3) is 10.8 Å². The first-order chi connectivity index (χ1) is 17.3. The van der Waals surface area contributed by atoms with Crippen LogP contribution in [-0.4, -0.2) is 0 Å². The molecule has 0 unspecified atom stereocenters. The number of halogens is 5. The van der Waals surface area contributed by atoms with E-state index in [0.29, 0.717) is 28.3 Å². The summed E-state index contributed by atoms with van der Waals surface area (Å²) in [6, 6.07) is 13.6. The van der Waals surface area contributed by atoms with Crippen molar-refractivity contribution in [3.05, 3.63) is 118 Å². The molecule has 5 heteroatoms. The van der Waals surface area contributed by atoms with Gasteiger partial charge < -0.3 is 0 Å². The number of hydrogen-bond donors (Lipinski definition) is 0. The maximum Gasteiger partial charge on any atom is 0.159 e. The van der Waals surface area contributed by atoms with Crippen LogP contribution in [0.1, 0.15) is 54.0 Å². The highest BCUT2D eigenvalue weighted by Gasteiger charge is 2.10. The Kier molecular flexibility index (Phi) is 7.71. The third-order valence-corrected chi connectivity index (χ3v) is 5.69. The van der Waals surface area contributed by atoms with Crippen LogP contribution < -0.4 is 0 Å². The van der Waals surface area contributed by atoms with Crippen molar-refractivity contribution in [2.45, 2.75) is 32.6 Å². The molecule has 0 radical (unpaired) electrons. The highest BCUT2D eigenvalue weighted by Crippen LogP contribution is 2.20. The highest BCUT2D eigenvalue weighted by molar-refractivity contribution is 5.84. The van der Waals surface area contributed by atoms with Crippen LogP contribution in [0.3, 0.4) is 0 Å². The average Bonchev–Trinajstić information content (AvgIpc) is 2.84. The van der Waals surface area contributed by atoms with Crippen LogP contribution in [0.2, 0.25) is 0 Å². The Labute approximate surface area is 206 Å². The van der Waals surface area contributed by atoms with E-state index in [1.807, 2.05) is 0 Å². The van der Waals surface area contributed by atoms with Crippen molar-refractivity contribution in [3.8, 4) is 23.7 Å². The molecule has 0 aliphatic carbocycles. The van der Waals surface area contributed by atoms with Crippen molar-refractivity contribution in [3.63, 3.8) is 0 Å². The van der Waals surface area contributed by atoms with Gasteiger partial charge in [0.25, 0.3) is 0 Å². The Morgan fingerprint density at radius 2 is 1.19 bits per heavy atom. The second-order valence-electron chi connectivity index (χ2n) is 8.41. The van der Waals surface area contributed by atoms with Crippen molar-refractivity contribution in [1.82, 2.24) is 0 Å². The highest BCUT2D eigenvalue weighted by atomic mass is 19.2. The second kappa shape index (κ2) is 11.1. The summed E-state index contributed by atoms with van der Waals surface area (Å²) in [4.78, 5) is 0. The van der Waals surface area contributed by atoms with E-state index in [2.05, 4.69) is 30.6 Å². The molecular formula is C31H21F5. The van der Waals surface area contributed by atoms with Gasteiger partial charge in [-0.2, -0.15) is 0 Å². The fourth-order valence-electron chi connectivity index (χ4n) is 3.76. The van der Waals surface area contributed by atoms with Crippen LogP contribution >= 0.6 is 0 Å². The van der Waals surface area contributed by atoms with E-state index in [1.165, 1.54) is 24.3 Å². The van der Waals surface area contributed by atoms with E-state index < -0.39 is 29.1 Å². The van der Waals surface area contributed by atoms with E-state index in [4.69, 9.17) is 0 Å². The molecule has 0 aliphatic heterocycles. The minimum atomic E-state index is -0.960. The number of aryl methyl sites for hydroxylation is 1. The van der Waals surface area contributed by atoms with E-state index >= 15 is 0 Å². The largest absolute Gasteiger partial charge is 0.206 e. The maximum absolute atomic E-state index is 14.6. The molecule has 36 heavy (non-hydrogen) atoms. The smallest absolute Gasteiger partial charge is 0.159 e. The number of benzene rings is 4. The zero-order chi connectivity index (χ0) is 25.7. The lowest BCUT2D eigenvalue weighted by Gasteiger charge is -2.04. The molecule has 0 bridgehead atoms. The number of rotatable bonds is 4. The van der Waals surface area contributed by atoms with E-state index in [0.717, 1.165) is 37.5 Å². The fraction of sp³-hybridized carbons (Fsp3) is 0.161. The minimum Gasteiger partial charge on any atom is -0.206 e. The molecule has 0 amide bonds. The van der Waals surface area contributed by atoms with Crippen LogP contribution in [0.5, 0.6) is 0 Å². The summed E-state index contributed by atoms with van der Waals surface area (Å²) in [5, 5.41) is 0.993. The molecule has 0 aliphatic rings. The molecule has 4 aromatic carbocycles. The first-order valence-corrected chi connectivity index (χ1v) is 11.5. The Balaban J connectivity index is 1.53. The normalized spacial score (nSPS) is 10.5. The van der Waals surface area contributed by atoms with Gasteiger partial charge in [0.05, 0.1) is 11.1 Å².